The monoisotopic (exact) mass is 271 g/mol. The summed E-state index contributed by atoms with van der Waals surface area (Å²) in [4.78, 5) is 24.8. The number of rotatable bonds is 4. The van der Waals surface area contributed by atoms with Crippen molar-refractivity contribution in [2.45, 2.75) is 43.8 Å². The third-order valence-corrected chi connectivity index (χ3v) is 3.96. The highest BCUT2D eigenvalue weighted by atomic mass is 16.4. The van der Waals surface area contributed by atoms with Gasteiger partial charge in [0.1, 0.15) is 0 Å². The fourth-order valence-corrected chi connectivity index (χ4v) is 2.97. The summed E-state index contributed by atoms with van der Waals surface area (Å²) in [6.07, 6.45) is 4.36. The highest BCUT2D eigenvalue weighted by Gasteiger charge is 2.36. The van der Waals surface area contributed by atoms with E-state index in [-0.39, 0.29) is 6.04 Å². The second-order valence-corrected chi connectivity index (χ2v) is 5.19. The van der Waals surface area contributed by atoms with Crippen molar-refractivity contribution in [2.24, 2.45) is 0 Å². The quantitative estimate of drug-likeness (QED) is 0.544. The van der Waals surface area contributed by atoms with Gasteiger partial charge >= 0.3 is 12.0 Å². The summed E-state index contributed by atoms with van der Waals surface area (Å²) in [5.41, 5.74) is 0. The molecule has 0 aliphatic carbocycles. The summed E-state index contributed by atoms with van der Waals surface area (Å²) >= 11 is 0. The number of nitrogens with one attached hydrogen (secondary N) is 2. The van der Waals surface area contributed by atoms with Gasteiger partial charge in [-0.1, -0.05) is 6.42 Å². The Labute approximate surface area is 112 Å². The summed E-state index contributed by atoms with van der Waals surface area (Å²) in [5.74, 6) is -1.23. The van der Waals surface area contributed by atoms with Gasteiger partial charge in [-0.15, -0.1) is 0 Å². The molecule has 0 saturated carbocycles. The molecule has 2 unspecified atom stereocenters. The Morgan fingerprint density at radius 1 is 1.26 bits per heavy atom. The minimum absolute atomic E-state index is 0.0773. The number of carbonyl (C=O) groups excluding carboxylic acids is 1. The first-order valence-electron chi connectivity index (χ1n) is 6.76. The molecule has 2 fully saturated rings. The van der Waals surface area contributed by atoms with Crippen LogP contribution in [0.4, 0.5) is 4.79 Å². The molecule has 108 valence electrons. The van der Waals surface area contributed by atoms with E-state index in [4.69, 9.17) is 10.2 Å². The Balaban J connectivity index is 1.83. The standard InChI is InChI=1S/C12H21N3O4/c16-7-9(11(17)18)14-12(19)13-8-4-6-15-5-2-1-3-10(8)15/h8-10,16H,1-7H2,(H,17,18)(H2,13,14,19)/t8?,9-,10?/m0/s1. The molecule has 4 N–H and O–H groups in total. The molecule has 19 heavy (non-hydrogen) atoms. The van der Waals surface area contributed by atoms with E-state index in [0.29, 0.717) is 6.04 Å². The zero-order valence-corrected chi connectivity index (χ0v) is 10.8. The molecule has 0 radical (unpaired) electrons. The number of aliphatic hydroxyl groups is 1. The number of piperidine rings is 1. The molecule has 2 rings (SSSR count). The van der Waals surface area contributed by atoms with E-state index in [9.17, 15) is 9.59 Å². The Bertz CT molecular complexity index is 350. The van der Waals surface area contributed by atoms with E-state index in [0.717, 1.165) is 25.9 Å². The van der Waals surface area contributed by atoms with Crippen LogP contribution in [0.1, 0.15) is 25.7 Å². The Hall–Kier alpha value is -1.34. The van der Waals surface area contributed by atoms with Crippen molar-refractivity contribution < 1.29 is 19.8 Å². The average molecular weight is 271 g/mol. The van der Waals surface area contributed by atoms with Crippen LogP contribution in [0.25, 0.3) is 0 Å². The van der Waals surface area contributed by atoms with E-state index in [1.165, 1.54) is 12.8 Å². The highest BCUT2D eigenvalue weighted by Crippen LogP contribution is 2.26. The molecule has 7 heteroatoms. The lowest BCUT2D eigenvalue weighted by Crippen LogP contribution is -2.53. The van der Waals surface area contributed by atoms with Crippen LogP contribution in [0.5, 0.6) is 0 Å². The molecular weight excluding hydrogens is 250 g/mol. The van der Waals surface area contributed by atoms with Crippen molar-refractivity contribution in [3.05, 3.63) is 0 Å². The molecule has 2 amide bonds. The molecule has 0 aromatic heterocycles. The normalized spacial score (nSPS) is 28.5. The summed E-state index contributed by atoms with van der Waals surface area (Å²) in [6.45, 7) is 1.46. The lowest BCUT2D eigenvalue weighted by Gasteiger charge is -2.32. The Morgan fingerprint density at radius 3 is 2.74 bits per heavy atom. The molecule has 2 aliphatic rings. The van der Waals surface area contributed by atoms with Crippen molar-refractivity contribution >= 4 is 12.0 Å². The van der Waals surface area contributed by atoms with Crippen LogP contribution >= 0.6 is 0 Å². The number of amides is 2. The Kier molecular flexibility index (Phi) is 4.60. The number of carboxylic acid groups (broad SMARTS) is 1. The third kappa shape index (κ3) is 3.36. The molecule has 7 nitrogen and oxygen atoms in total. The van der Waals surface area contributed by atoms with Gasteiger partial charge in [-0.3, -0.25) is 4.90 Å². The predicted molar refractivity (Wildman–Crippen MR) is 67.8 cm³/mol. The average Bonchev–Trinajstić information content (AvgIpc) is 2.79. The van der Waals surface area contributed by atoms with Gasteiger partial charge in [-0.25, -0.2) is 9.59 Å². The maximum atomic E-state index is 11.7. The summed E-state index contributed by atoms with van der Waals surface area (Å²) < 4.78 is 0. The number of carbonyl (C=O) groups is 2. The van der Waals surface area contributed by atoms with Gasteiger partial charge in [0.05, 0.1) is 6.61 Å². The molecule has 0 bridgehead atoms. The van der Waals surface area contributed by atoms with Crippen molar-refractivity contribution in [1.82, 2.24) is 15.5 Å². The van der Waals surface area contributed by atoms with E-state index in [1.807, 2.05) is 0 Å². The first-order valence-corrected chi connectivity index (χ1v) is 6.76. The lowest BCUT2D eigenvalue weighted by atomic mass is 9.99. The van der Waals surface area contributed by atoms with Crippen molar-refractivity contribution in [1.29, 1.82) is 0 Å². The zero-order chi connectivity index (χ0) is 13.8. The number of nitrogens with zero attached hydrogens (tertiary/aromatic N) is 1. The van der Waals surface area contributed by atoms with Gasteiger partial charge in [0.15, 0.2) is 6.04 Å². The molecule has 2 heterocycles. The third-order valence-electron chi connectivity index (χ3n) is 3.96. The molecular formula is C12H21N3O4. The predicted octanol–water partition coefficient (Wildman–Crippen LogP) is -0.642. The smallest absolute Gasteiger partial charge is 0.328 e. The number of urea groups is 1. The topological polar surface area (TPSA) is 102 Å². The van der Waals surface area contributed by atoms with Crippen molar-refractivity contribution in [3.8, 4) is 0 Å². The van der Waals surface area contributed by atoms with Crippen LogP contribution in [-0.2, 0) is 4.79 Å². The number of carboxylic acids is 1. The first kappa shape index (κ1) is 14.1. The number of aliphatic carboxylic acids is 1. The summed E-state index contributed by atoms with van der Waals surface area (Å²) in [5, 5.41) is 22.7. The van der Waals surface area contributed by atoms with Gasteiger partial charge < -0.3 is 20.8 Å². The number of hydrogen-bond acceptors (Lipinski definition) is 4. The molecule has 0 aromatic carbocycles. The van der Waals surface area contributed by atoms with Crippen LogP contribution < -0.4 is 10.6 Å². The van der Waals surface area contributed by atoms with Gasteiger partial charge in [-0.05, 0) is 25.8 Å². The lowest BCUT2D eigenvalue weighted by molar-refractivity contribution is -0.140. The molecule has 0 spiro atoms. The summed E-state index contributed by atoms with van der Waals surface area (Å²) in [6, 6.07) is -1.31. The van der Waals surface area contributed by atoms with E-state index in [2.05, 4.69) is 15.5 Å². The number of fused-ring (bicyclic) bond motifs is 1. The molecule has 3 atom stereocenters. The second kappa shape index (κ2) is 6.21. The van der Waals surface area contributed by atoms with E-state index >= 15 is 0 Å². The van der Waals surface area contributed by atoms with Crippen LogP contribution in [-0.4, -0.2) is 64.9 Å². The summed E-state index contributed by atoms with van der Waals surface area (Å²) in [7, 11) is 0. The van der Waals surface area contributed by atoms with Crippen LogP contribution in [0, 0.1) is 0 Å². The SMILES string of the molecule is O=C(NC1CCN2CCCCC12)N[C@@H](CO)C(=O)O. The second-order valence-electron chi connectivity index (χ2n) is 5.19. The van der Waals surface area contributed by atoms with Gasteiger partial charge in [-0.2, -0.15) is 0 Å². The van der Waals surface area contributed by atoms with Crippen molar-refractivity contribution in [2.75, 3.05) is 19.7 Å². The fraction of sp³-hybridized carbons (Fsp3) is 0.833. The largest absolute Gasteiger partial charge is 0.480 e. The Morgan fingerprint density at radius 2 is 2.05 bits per heavy atom. The maximum absolute atomic E-state index is 11.7. The van der Waals surface area contributed by atoms with Gasteiger partial charge in [0, 0.05) is 18.6 Å². The molecule has 2 aliphatic heterocycles. The van der Waals surface area contributed by atoms with Crippen LogP contribution in [0.2, 0.25) is 0 Å². The van der Waals surface area contributed by atoms with Crippen molar-refractivity contribution in [3.63, 3.8) is 0 Å². The highest BCUT2D eigenvalue weighted by molar-refractivity contribution is 5.82. The van der Waals surface area contributed by atoms with Crippen LogP contribution in [0.15, 0.2) is 0 Å². The number of aliphatic hydroxyl groups excluding tert-OH is 1. The minimum Gasteiger partial charge on any atom is -0.480 e. The maximum Gasteiger partial charge on any atom is 0.328 e. The first-order chi connectivity index (χ1) is 9.11. The van der Waals surface area contributed by atoms with Crippen LogP contribution in [0.3, 0.4) is 0 Å². The zero-order valence-electron chi connectivity index (χ0n) is 10.8. The fourth-order valence-electron chi connectivity index (χ4n) is 2.97. The molecule has 2 saturated heterocycles. The van der Waals surface area contributed by atoms with Gasteiger partial charge in [0.2, 0.25) is 0 Å². The van der Waals surface area contributed by atoms with E-state index < -0.39 is 24.6 Å². The van der Waals surface area contributed by atoms with Gasteiger partial charge in [0.25, 0.3) is 0 Å². The number of hydrogen-bond donors (Lipinski definition) is 4. The van der Waals surface area contributed by atoms with E-state index in [1.54, 1.807) is 0 Å². The molecule has 0 aromatic rings. The minimum atomic E-state index is -1.25.